The lowest BCUT2D eigenvalue weighted by molar-refractivity contribution is -0.120. The van der Waals surface area contributed by atoms with Gasteiger partial charge in [0.1, 0.15) is 50.6 Å². The quantitative estimate of drug-likeness (QED) is 0.0666. The van der Waals surface area contributed by atoms with Crippen molar-refractivity contribution in [1.82, 2.24) is 42.0 Å². The number of hydrogen-bond donors (Lipinski definition) is 6. The van der Waals surface area contributed by atoms with E-state index in [2.05, 4.69) is 45.1 Å². The first-order valence-electron chi connectivity index (χ1n) is 27.8. The molecule has 0 saturated carbocycles. The first-order chi connectivity index (χ1) is 44.2. The largest absolute Gasteiger partial charge is 0.325 e. The number of carbonyl (C=O) groups is 3. The van der Waals surface area contributed by atoms with Crippen molar-refractivity contribution in [2.24, 2.45) is 0 Å². The molecule has 2 unspecified atom stereocenters. The van der Waals surface area contributed by atoms with Gasteiger partial charge in [0, 0.05) is 88.1 Å². The predicted molar refractivity (Wildman–Crippen MR) is 356 cm³/mol. The van der Waals surface area contributed by atoms with E-state index >= 15 is 0 Å². The molecule has 6 heterocycles. The van der Waals surface area contributed by atoms with Crippen molar-refractivity contribution in [1.29, 1.82) is 0 Å². The zero-order valence-corrected chi connectivity index (χ0v) is 55.9. The van der Waals surface area contributed by atoms with Gasteiger partial charge in [-0.3, -0.25) is 14.4 Å². The van der Waals surface area contributed by atoms with Gasteiger partial charge in [-0.2, -0.15) is 52.3 Å². The fraction of sp³-hybridized carbons (Fsp3) is 0.200. The Balaban J connectivity index is 0.000000153. The Bertz CT molecular complexity index is 4120. The van der Waals surface area contributed by atoms with Crippen LogP contribution in [0.5, 0.6) is 0 Å². The van der Waals surface area contributed by atoms with E-state index in [1.807, 2.05) is 91.0 Å². The molecule has 9 aromatic rings. The lowest BCUT2D eigenvalue weighted by Gasteiger charge is -2.35. The summed E-state index contributed by atoms with van der Waals surface area (Å²) in [5, 5.41) is 9.71. The van der Waals surface area contributed by atoms with Crippen LogP contribution in [0, 0.1) is 17.5 Å². The van der Waals surface area contributed by atoms with E-state index in [-0.39, 0.29) is 51.4 Å². The number of nitrogens with one attached hydrogen (secondary N) is 6. The van der Waals surface area contributed by atoms with Crippen molar-refractivity contribution in [3.63, 3.8) is 0 Å². The molecule has 3 fully saturated rings. The zero-order valence-electron chi connectivity index (χ0n) is 48.7. The Kier molecular flexibility index (Phi) is 21.6. The van der Waals surface area contributed by atoms with E-state index in [9.17, 15) is 52.8 Å². The second-order valence-corrected chi connectivity index (χ2v) is 30.7. The predicted octanol–water partition coefficient (Wildman–Crippen LogP) is 11.5. The van der Waals surface area contributed by atoms with Crippen LogP contribution in [0.2, 0.25) is 15.1 Å². The van der Waals surface area contributed by atoms with Gasteiger partial charge in [-0.1, -0.05) is 126 Å². The van der Waals surface area contributed by atoms with Gasteiger partial charge in [0.15, 0.2) is 0 Å². The molecule has 12 rings (SSSR count). The summed E-state index contributed by atoms with van der Waals surface area (Å²) in [4.78, 5) is 53.9. The Labute approximate surface area is 560 Å². The van der Waals surface area contributed by atoms with Crippen LogP contribution in [0.4, 0.5) is 30.2 Å². The molecule has 486 valence electrons. The fourth-order valence-electron chi connectivity index (χ4n) is 9.77. The molecule has 33 heteroatoms. The van der Waals surface area contributed by atoms with E-state index in [0.29, 0.717) is 14.6 Å². The molecule has 93 heavy (non-hydrogen) atoms. The van der Waals surface area contributed by atoms with Crippen LogP contribution in [0.15, 0.2) is 164 Å². The number of hydrogen-bond acceptors (Lipinski definition) is 15. The van der Waals surface area contributed by atoms with Gasteiger partial charge in [-0.25, -0.2) is 28.1 Å². The molecular weight excluding hydrogens is 1390 g/mol. The Morgan fingerprint density at radius 3 is 0.914 bits per heavy atom. The first kappa shape index (κ1) is 68.7. The van der Waals surface area contributed by atoms with Crippen LogP contribution < -0.4 is 30.1 Å². The van der Waals surface area contributed by atoms with Gasteiger partial charge >= 0.3 is 0 Å². The molecule has 3 amide bonds. The number of rotatable bonds is 12. The van der Waals surface area contributed by atoms with Gasteiger partial charge in [0.25, 0.3) is 30.6 Å². The molecule has 0 aliphatic carbocycles. The van der Waals surface area contributed by atoms with Crippen LogP contribution in [0.3, 0.4) is 0 Å². The molecule has 3 aliphatic heterocycles. The van der Waals surface area contributed by atoms with Crippen molar-refractivity contribution in [2.75, 3.05) is 37.1 Å². The Morgan fingerprint density at radius 1 is 0.430 bits per heavy atom. The van der Waals surface area contributed by atoms with Crippen molar-refractivity contribution < 1.29 is 52.8 Å². The second kappa shape index (κ2) is 29.3. The summed E-state index contributed by atoms with van der Waals surface area (Å²) in [6, 6.07) is 35.2. The third kappa shape index (κ3) is 16.5. The molecule has 3 saturated heterocycles. The third-order valence-corrected chi connectivity index (χ3v) is 24.0. The van der Waals surface area contributed by atoms with Crippen LogP contribution in [0.25, 0.3) is 31.7 Å². The average Bonchev–Trinajstić information content (AvgIpc) is 1.72. The summed E-state index contributed by atoms with van der Waals surface area (Å²) < 4.78 is 127. The summed E-state index contributed by atoms with van der Waals surface area (Å²) in [6.45, 7) is 0. The normalized spacial score (nSPS) is 21.0. The van der Waals surface area contributed by atoms with Crippen molar-refractivity contribution in [2.45, 2.75) is 55.5 Å². The maximum atomic E-state index is 13.4. The molecule has 0 spiro atoms. The van der Waals surface area contributed by atoms with Crippen LogP contribution in [-0.4, -0.2) is 110 Å². The highest BCUT2D eigenvalue weighted by atomic mass is 35.5. The number of aromatic nitrogens is 3. The number of amides is 3. The lowest BCUT2D eigenvalue weighted by atomic mass is 10.1. The highest BCUT2D eigenvalue weighted by Gasteiger charge is 2.44. The Morgan fingerprint density at radius 2 is 0.677 bits per heavy atom. The van der Waals surface area contributed by atoms with E-state index in [1.165, 1.54) is 91.6 Å². The summed E-state index contributed by atoms with van der Waals surface area (Å²) >= 11 is 21.4. The number of halogens is 6. The van der Waals surface area contributed by atoms with E-state index in [4.69, 9.17) is 34.8 Å². The second-order valence-electron chi connectivity index (χ2n) is 21.0. The molecule has 21 nitrogen and oxygen atoms in total. The standard InChI is InChI=1S/3C20H18ClFN4O3S2/c3*1-26-17(19(27)24-13-7-8-15(22)14(21)9-13)10-16(25-31(26,28)29)18-11-23-20(30-18)12-5-3-2-4-6-12/h3*2-9,11,16-17,25H,10H2,1H3,(H,24,27)/t2*16-,17+;/m10./s1. The number of benzene rings is 6. The van der Waals surface area contributed by atoms with Gasteiger partial charge in [-0.15, -0.1) is 34.0 Å². The van der Waals surface area contributed by atoms with E-state index in [1.54, 1.807) is 18.6 Å². The molecule has 6 atom stereocenters. The number of nitrogens with zero attached hydrogens (tertiary/aromatic N) is 6. The SMILES string of the molecule is CN1C(C(=O)Nc2ccc(F)c(Cl)c2)CC(c2cnc(-c3ccccc3)s2)NS1(=O)=O.CN1[C@@H](C(=O)Nc2ccc(F)c(Cl)c2)C[C@@H](c2cnc(-c3ccccc3)s2)NS1(=O)=O.CN1[C@H](C(=O)Nc2ccc(F)c(Cl)c2)C[C@H](c2cnc(-c3ccccc3)s2)NS1(=O)=O. The summed E-state index contributed by atoms with van der Waals surface area (Å²) in [5.41, 5.74) is 3.62. The van der Waals surface area contributed by atoms with Crippen LogP contribution in [0.1, 0.15) is 52.0 Å². The Hall–Kier alpha value is -7.11. The van der Waals surface area contributed by atoms with Crippen LogP contribution >= 0.6 is 68.8 Å². The highest BCUT2D eigenvalue weighted by molar-refractivity contribution is 7.87. The van der Waals surface area contributed by atoms with Gasteiger partial charge in [-0.05, 0) is 73.9 Å². The van der Waals surface area contributed by atoms with E-state index in [0.717, 1.165) is 62.8 Å². The number of anilines is 3. The third-order valence-electron chi connectivity index (χ3n) is 14.8. The van der Waals surface area contributed by atoms with Crippen molar-refractivity contribution >= 4 is 134 Å². The molecule has 0 bridgehead atoms. The molecule has 3 aliphatic rings. The van der Waals surface area contributed by atoms with Gasteiger partial charge in [0.2, 0.25) is 17.7 Å². The van der Waals surface area contributed by atoms with Crippen LogP contribution in [-0.2, 0) is 45.0 Å². The zero-order chi connectivity index (χ0) is 66.5. The highest BCUT2D eigenvalue weighted by Crippen LogP contribution is 2.39. The number of likely N-dealkylation sites (N-methyl/N-ethyl adjacent to an activating group) is 3. The lowest BCUT2D eigenvalue weighted by Crippen LogP contribution is -2.55. The fourth-order valence-corrected chi connectivity index (χ4v) is 17.3. The minimum absolute atomic E-state index is 0.139. The summed E-state index contributed by atoms with van der Waals surface area (Å²) in [6.07, 6.45) is 5.48. The van der Waals surface area contributed by atoms with Gasteiger partial charge < -0.3 is 16.0 Å². The molecule has 6 N–H and O–H groups in total. The summed E-state index contributed by atoms with van der Waals surface area (Å²) in [5.74, 6) is -3.43. The number of carbonyl (C=O) groups excluding carboxylic acids is 3. The monoisotopic (exact) mass is 1440 g/mol. The minimum Gasteiger partial charge on any atom is -0.325 e. The smallest absolute Gasteiger partial charge is 0.280 e. The van der Waals surface area contributed by atoms with Crippen molar-refractivity contribution in [3.8, 4) is 31.7 Å². The van der Waals surface area contributed by atoms with E-state index < -0.39 is 102 Å². The average molecular weight is 1440 g/mol. The minimum atomic E-state index is -3.90. The van der Waals surface area contributed by atoms with Gasteiger partial charge in [0.05, 0.1) is 33.2 Å². The molecule has 6 aromatic carbocycles. The maximum Gasteiger partial charge on any atom is 0.280 e. The molecule has 3 aromatic heterocycles. The maximum absolute atomic E-state index is 13.4. The first-order valence-corrected chi connectivity index (χ1v) is 35.7. The molecule has 0 radical (unpaired) electrons. The topological polar surface area (TPSA) is 274 Å². The number of thiazole rings is 3. The molecular formula is C60H54Cl3F3N12O9S6. The summed E-state index contributed by atoms with van der Waals surface area (Å²) in [7, 11) is -7.69. The van der Waals surface area contributed by atoms with Crippen molar-refractivity contribution in [3.05, 3.63) is 211 Å².